The maximum Gasteiger partial charge on any atom is 0.321 e. The Morgan fingerprint density at radius 2 is 2.00 bits per heavy atom. The van der Waals surface area contributed by atoms with Crippen LogP contribution in [0.1, 0.15) is 6.42 Å². The van der Waals surface area contributed by atoms with Crippen molar-refractivity contribution in [3.8, 4) is 0 Å². The van der Waals surface area contributed by atoms with Crippen LogP contribution in [0, 0.1) is 0 Å². The molecule has 0 aromatic heterocycles. The molecule has 1 unspecified atom stereocenters. The fraction of sp³-hybridized carbons (Fsp3) is 0.500. The molecule has 2 N–H and O–H groups in total. The highest BCUT2D eigenvalue weighted by atomic mass is 35.5. The molecule has 2 saturated heterocycles. The highest BCUT2D eigenvalue weighted by Gasteiger charge is 2.29. The van der Waals surface area contributed by atoms with Crippen molar-refractivity contribution in [2.45, 2.75) is 12.5 Å². The maximum absolute atomic E-state index is 12.5. The summed E-state index contributed by atoms with van der Waals surface area (Å²) in [6.07, 6.45) is 0.786. The van der Waals surface area contributed by atoms with Crippen LogP contribution in [-0.2, 0) is 4.79 Å². The predicted octanol–water partition coefficient (Wildman–Crippen LogP) is 2.07. The third kappa shape index (κ3) is 4.34. The summed E-state index contributed by atoms with van der Waals surface area (Å²) < 4.78 is 0. The second-order valence-corrected chi connectivity index (χ2v) is 7.34. The topological polar surface area (TPSA) is 64.7 Å². The summed E-state index contributed by atoms with van der Waals surface area (Å²) in [5.41, 5.74) is 0.678. The first-order valence-corrected chi connectivity index (χ1v) is 9.58. The summed E-state index contributed by atoms with van der Waals surface area (Å²) in [5.74, 6) is 1.81. The van der Waals surface area contributed by atoms with E-state index in [1.807, 2.05) is 4.90 Å². The van der Waals surface area contributed by atoms with Gasteiger partial charge in [-0.15, -0.1) is 11.8 Å². The van der Waals surface area contributed by atoms with Gasteiger partial charge in [0.2, 0.25) is 5.91 Å². The first-order valence-electron chi connectivity index (χ1n) is 8.05. The van der Waals surface area contributed by atoms with Crippen LogP contribution in [0.4, 0.5) is 10.5 Å². The lowest BCUT2D eigenvalue weighted by molar-refractivity contribution is -0.132. The molecule has 8 heteroatoms. The van der Waals surface area contributed by atoms with Crippen molar-refractivity contribution < 1.29 is 9.59 Å². The Morgan fingerprint density at radius 3 is 2.75 bits per heavy atom. The lowest BCUT2D eigenvalue weighted by Gasteiger charge is -2.24. The highest BCUT2D eigenvalue weighted by Crippen LogP contribution is 2.17. The SMILES string of the molecule is O=C(Nc1cccc(Cl)c1)N1CCCN(C(=O)C2CSCN2)CC1. The summed E-state index contributed by atoms with van der Waals surface area (Å²) in [5, 5.41) is 6.66. The van der Waals surface area contributed by atoms with E-state index in [0.29, 0.717) is 36.9 Å². The molecule has 2 aliphatic rings. The van der Waals surface area contributed by atoms with Crippen molar-refractivity contribution in [1.29, 1.82) is 0 Å². The summed E-state index contributed by atoms with van der Waals surface area (Å²) in [4.78, 5) is 28.5. The molecule has 0 spiro atoms. The molecule has 6 nitrogen and oxygen atoms in total. The molecule has 0 aliphatic carbocycles. The lowest BCUT2D eigenvalue weighted by Crippen LogP contribution is -2.46. The molecule has 3 amide bonds. The first-order chi connectivity index (χ1) is 11.6. The molecule has 2 aliphatic heterocycles. The third-order valence-electron chi connectivity index (χ3n) is 4.19. The van der Waals surface area contributed by atoms with Gasteiger partial charge in [0.1, 0.15) is 0 Å². The number of rotatable bonds is 2. The number of carbonyl (C=O) groups excluding carboxylic acids is 2. The Labute approximate surface area is 150 Å². The third-order valence-corrected chi connectivity index (χ3v) is 5.36. The molecule has 1 aromatic rings. The Balaban J connectivity index is 1.54. The van der Waals surface area contributed by atoms with Gasteiger partial charge in [-0.05, 0) is 24.6 Å². The number of nitrogens with one attached hydrogen (secondary N) is 2. The number of amides is 3. The fourth-order valence-electron chi connectivity index (χ4n) is 2.88. The second-order valence-electron chi connectivity index (χ2n) is 5.88. The number of benzene rings is 1. The number of urea groups is 1. The fourth-order valence-corrected chi connectivity index (χ4v) is 4.01. The molecule has 2 fully saturated rings. The van der Waals surface area contributed by atoms with Gasteiger partial charge < -0.3 is 15.1 Å². The number of carbonyl (C=O) groups is 2. The van der Waals surface area contributed by atoms with E-state index in [-0.39, 0.29) is 18.0 Å². The molecule has 3 rings (SSSR count). The standard InChI is InChI=1S/C16H21ClN4O2S/c17-12-3-1-4-13(9-12)19-16(23)21-6-2-5-20(7-8-21)15(22)14-10-24-11-18-14/h1,3-4,9,14,18H,2,5-8,10-11H2,(H,19,23). The van der Waals surface area contributed by atoms with E-state index in [9.17, 15) is 9.59 Å². The number of hydrogen-bond donors (Lipinski definition) is 2. The quantitative estimate of drug-likeness (QED) is 0.838. The molecule has 0 bridgehead atoms. The molecular formula is C16H21ClN4O2S. The Morgan fingerprint density at radius 1 is 1.21 bits per heavy atom. The number of anilines is 1. The summed E-state index contributed by atoms with van der Waals surface area (Å²) in [6, 6.07) is 6.86. The van der Waals surface area contributed by atoms with Gasteiger partial charge in [-0.3, -0.25) is 10.1 Å². The van der Waals surface area contributed by atoms with Crippen LogP contribution >= 0.6 is 23.4 Å². The number of nitrogens with zero attached hydrogens (tertiary/aromatic N) is 2. The molecule has 1 atom stereocenters. The van der Waals surface area contributed by atoms with Crippen LogP contribution in [0.15, 0.2) is 24.3 Å². The van der Waals surface area contributed by atoms with Crippen LogP contribution in [0.25, 0.3) is 0 Å². The summed E-state index contributed by atoms with van der Waals surface area (Å²) in [6.45, 7) is 2.45. The van der Waals surface area contributed by atoms with Crippen molar-refractivity contribution in [2.75, 3.05) is 43.1 Å². The van der Waals surface area contributed by atoms with E-state index >= 15 is 0 Å². The van der Waals surface area contributed by atoms with Gasteiger partial charge >= 0.3 is 6.03 Å². The van der Waals surface area contributed by atoms with Gasteiger partial charge in [-0.2, -0.15) is 0 Å². The van der Waals surface area contributed by atoms with Gasteiger partial charge in [0.25, 0.3) is 0 Å². The molecule has 24 heavy (non-hydrogen) atoms. The Kier molecular flexibility index (Phi) is 5.86. The predicted molar refractivity (Wildman–Crippen MR) is 97.5 cm³/mol. The summed E-state index contributed by atoms with van der Waals surface area (Å²) in [7, 11) is 0. The molecule has 130 valence electrons. The largest absolute Gasteiger partial charge is 0.339 e. The zero-order valence-electron chi connectivity index (χ0n) is 13.3. The van der Waals surface area contributed by atoms with E-state index in [1.165, 1.54) is 0 Å². The number of thioether (sulfide) groups is 1. The maximum atomic E-state index is 12.5. The van der Waals surface area contributed by atoms with Crippen molar-refractivity contribution in [2.24, 2.45) is 0 Å². The smallest absolute Gasteiger partial charge is 0.321 e. The van der Waals surface area contributed by atoms with Crippen molar-refractivity contribution in [3.63, 3.8) is 0 Å². The first kappa shape index (κ1) is 17.4. The molecule has 1 aromatic carbocycles. The van der Waals surface area contributed by atoms with Crippen molar-refractivity contribution >= 4 is 41.0 Å². The van der Waals surface area contributed by atoms with Gasteiger partial charge in [-0.1, -0.05) is 17.7 Å². The molecule has 2 heterocycles. The Bertz CT molecular complexity index is 609. The minimum atomic E-state index is -0.152. The van der Waals surface area contributed by atoms with Gasteiger partial charge in [0.15, 0.2) is 0 Å². The highest BCUT2D eigenvalue weighted by molar-refractivity contribution is 7.99. The zero-order valence-corrected chi connectivity index (χ0v) is 14.9. The van der Waals surface area contributed by atoms with E-state index in [0.717, 1.165) is 18.1 Å². The lowest BCUT2D eigenvalue weighted by atomic mass is 10.2. The molecular weight excluding hydrogens is 348 g/mol. The van der Waals surface area contributed by atoms with E-state index in [4.69, 9.17) is 11.6 Å². The zero-order chi connectivity index (χ0) is 16.9. The molecule has 0 saturated carbocycles. The van der Waals surface area contributed by atoms with Crippen LogP contribution in [0.5, 0.6) is 0 Å². The molecule has 0 radical (unpaired) electrons. The second kappa shape index (κ2) is 8.09. The number of hydrogen-bond acceptors (Lipinski definition) is 4. The van der Waals surface area contributed by atoms with Crippen LogP contribution < -0.4 is 10.6 Å². The van der Waals surface area contributed by atoms with E-state index in [1.54, 1.807) is 40.9 Å². The van der Waals surface area contributed by atoms with Gasteiger partial charge in [-0.25, -0.2) is 4.79 Å². The van der Waals surface area contributed by atoms with Crippen LogP contribution in [0.3, 0.4) is 0 Å². The van der Waals surface area contributed by atoms with Crippen LogP contribution in [0.2, 0.25) is 5.02 Å². The van der Waals surface area contributed by atoms with Gasteiger partial charge in [0, 0.05) is 48.5 Å². The van der Waals surface area contributed by atoms with Crippen molar-refractivity contribution in [3.05, 3.63) is 29.3 Å². The minimum Gasteiger partial charge on any atom is -0.339 e. The normalized spacial score (nSPS) is 21.5. The average Bonchev–Trinajstić information content (AvgIpc) is 2.98. The van der Waals surface area contributed by atoms with Gasteiger partial charge in [0.05, 0.1) is 6.04 Å². The monoisotopic (exact) mass is 368 g/mol. The minimum absolute atomic E-state index is 0.0816. The average molecular weight is 369 g/mol. The Hall–Kier alpha value is -1.44. The van der Waals surface area contributed by atoms with E-state index in [2.05, 4.69) is 10.6 Å². The van der Waals surface area contributed by atoms with Crippen LogP contribution in [-0.4, -0.2) is 65.6 Å². The summed E-state index contributed by atoms with van der Waals surface area (Å²) >= 11 is 7.68. The van der Waals surface area contributed by atoms with Crippen molar-refractivity contribution in [1.82, 2.24) is 15.1 Å². The number of halogens is 1. The van der Waals surface area contributed by atoms with E-state index < -0.39 is 0 Å².